The number of amides is 1. The summed E-state index contributed by atoms with van der Waals surface area (Å²) in [4.78, 5) is 13.8. The Balaban J connectivity index is 1.84. The van der Waals surface area contributed by atoms with Crippen LogP contribution in [0.4, 0.5) is 14.5 Å². The van der Waals surface area contributed by atoms with Crippen LogP contribution in [0, 0.1) is 17.6 Å². The second kappa shape index (κ2) is 6.95. The Bertz CT molecular complexity index is 500. The number of carbonyl (C=O) groups excluding carboxylic acids is 1. The quantitative estimate of drug-likeness (QED) is 0.894. The van der Waals surface area contributed by atoms with Gasteiger partial charge in [0, 0.05) is 6.07 Å². The molecule has 6 heteroatoms. The van der Waals surface area contributed by atoms with Crippen LogP contribution in [0.25, 0.3) is 0 Å². The molecule has 1 heterocycles. The highest BCUT2D eigenvalue weighted by Crippen LogP contribution is 2.20. The first-order valence-electron chi connectivity index (χ1n) is 7.11. The van der Waals surface area contributed by atoms with Gasteiger partial charge >= 0.3 is 0 Å². The summed E-state index contributed by atoms with van der Waals surface area (Å²) in [5.74, 6) is -1.35. The lowest BCUT2D eigenvalue weighted by molar-refractivity contribution is -0.117. The Kier molecular flexibility index (Phi) is 5.25. The molecule has 2 rings (SSSR count). The van der Waals surface area contributed by atoms with Crippen molar-refractivity contribution in [3.8, 4) is 0 Å². The topological polar surface area (TPSA) is 52.6 Å². The summed E-state index contributed by atoms with van der Waals surface area (Å²) in [6.07, 6.45) is 1.33. The summed E-state index contributed by atoms with van der Waals surface area (Å²) in [6.45, 7) is 3.35. The molecule has 1 fully saturated rings. The van der Waals surface area contributed by atoms with E-state index in [9.17, 15) is 18.7 Å². The molecular weight excluding hydrogens is 278 g/mol. The Morgan fingerprint density at radius 3 is 2.71 bits per heavy atom. The molecule has 0 spiro atoms. The second-order valence-corrected chi connectivity index (χ2v) is 5.53. The van der Waals surface area contributed by atoms with Crippen LogP contribution in [0.2, 0.25) is 0 Å². The lowest BCUT2D eigenvalue weighted by Gasteiger charge is -2.32. The number of likely N-dealkylation sites (tertiary alicyclic amines) is 1. The van der Waals surface area contributed by atoms with Crippen molar-refractivity contribution in [3.63, 3.8) is 0 Å². The number of halogens is 2. The van der Waals surface area contributed by atoms with E-state index in [1.165, 1.54) is 0 Å². The van der Waals surface area contributed by atoms with Crippen LogP contribution in [-0.4, -0.2) is 41.7 Å². The SMILES string of the molecule is CC(O)C1CCN(CC(=O)Nc2cc(F)ccc2F)CC1. The number of piperidine rings is 1. The number of anilines is 1. The highest BCUT2D eigenvalue weighted by Gasteiger charge is 2.23. The zero-order chi connectivity index (χ0) is 15.4. The van der Waals surface area contributed by atoms with Gasteiger partial charge in [-0.15, -0.1) is 0 Å². The highest BCUT2D eigenvalue weighted by molar-refractivity contribution is 5.92. The molecule has 1 aromatic carbocycles. The van der Waals surface area contributed by atoms with Crippen molar-refractivity contribution in [1.82, 2.24) is 4.90 Å². The fourth-order valence-corrected chi connectivity index (χ4v) is 2.58. The van der Waals surface area contributed by atoms with E-state index in [-0.39, 0.29) is 30.2 Å². The fraction of sp³-hybridized carbons (Fsp3) is 0.533. The van der Waals surface area contributed by atoms with Crippen molar-refractivity contribution in [2.24, 2.45) is 5.92 Å². The monoisotopic (exact) mass is 298 g/mol. The Labute approximate surface area is 122 Å². The van der Waals surface area contributed by atoms with Crippen LogP contribution in [0.5, 0.6) is 0 Å². The van der Waals surface area contributed by atoms with Gasteiger partial charge in [0.25, 0.3) is 0 Å². The summed E-state index contributed by atoms with van der Waals surface area (Å²) in [6, 6.07) is 2.96. The first kappa shape index (κ1) is 15.9. The first-order chi connectivity index (χ1) is 9.95. The van der Waals surface area contributed by atoms with Crippen LogP contribution in [0.3, 0.4) is 0 Å². The lowest BCUT2D eigenvalue weighted by Crippen LogP contribution is -2.41. The van der Waals surface area contributed by atoms with Gasteiger partial charge < -0.3 is 10.4 Å². The van der Waals surface area contributed by atoms with Crippen molar-refractivity contribution in [2.75, 3.05) is 25.0 Å². The van der Waals surface area contributed by atoms with Gasteiger partial charge in [0.15, 0.2) is 0 Å². The summed E-state index contributed by atoms with van der Waals surface area (Å²) in [7, 11) is 0. The third kappa shape index (κ3) is 4.47. The van der Waals surface area contributed by atoms with E-state index in [2.05, 4.69) is 5.32 Å². The van der Waals surface area contributed by atoms with Crippen LogP contribution in [-0.2, 0) is 4.79 Å². The number of nitrogens with zero attached hydrogens (tertiary/aromatic N) is 1. The van der Waals surface area contributed by atoms with Gasteiger partial charge in [0.05, 0.1) is 18.3 Å². The predicted octanol–water partition coefficient (Wildman–Crippen LogP) is 2.00. The van der Waals surface area contributed by atoms with Gasteiger partial charge in [0.2, 0.25) is 5.91 Å². The van der Waals surface area contributed by atoms with E-state index in [1.54, 1.807) is 6.92 Å². The van der Waals surface area contributed by atoms with E-state index in [4.69, 9.17) is 0 Å². The first-order valence-corrected chi connectivity index (χ1v) is 7.11. The summed E-state index contributed by atoms with van der Waals surface area (Å²) in [5, 5.41) is 11.9. The van der Waals surface area contributed by atoms with Crippen LogP contribution >= 0.6 is 0 Å². The minimum Gasteiger partial charge on any atom is -0.393 e. The van der Waals surface area contributed by atoms with Crippen molar-refractivity contribution in [1.29, 1.82) is 0 Å². The second-order valence-electron chi connectivity index (χ2n) is 5.53. The largest absolute Gasteiger partial charge is 0.393 e. The van der Waals surface area contributed by atoms with E-state index in [0.717, 1.165) is 31.0 Å². The molecule has 1 amide bonds. The van der Waals surface area contributed by atoms with Gasteiger partial charge in [0.1, 0.15) is 11.6 Å². The van der Waals surface area contributed by atoms with Crippen molar-refractivity contribution < 1.29 is 18.7 Å². The molecule has 1 aromatic rings. The predicted molar refractivity (Wildman–Crippen MR) is 75.8 cm³/mol. The van der Waals surface area contributed by atoms with Gasteiger partial charge in [-0.3, -0.25) is 9.69 Å². The van der Waals surface area contributed by atoms with Gasteiger partial charge in [-0.05, 0) is 50.9 Å². The normalized spacial score (nSPS) is 18.5. The standard InChI is InChI=1S/C15H20F2N2O2/c1-10(20)11-4-6-19(7-5-11)9-15(21)18-14-8-12(16)2-3-13(14)17/h2-3,8,10-11,20H,4-7,9H2,1H3,(H,18,21). The Hall–Kier alpha value is -1.53. The smallest absolute Gasteiger partial charge is 0.238 e. The third-order valence-corrected chi connectivity index (χ3v) is 3.88. The zero-order valence-electron chi connectivity index (χ0n) is 12.0. The molecular formula is C15H20F2N2O2. The fourth-order valence-electron chi connectivity index (χ4n) is 2.58. The van der Waals surface area contributed by atoms with Crippen LogP contribution in [0.1, 0.15) is 19.8 Å². The molecule has 116 valence electrons. The molecule has 4 nitrogen and oxygen atoms in total. The summed E-state index contributed by atoms with van der Waals surface area (Å²) < 4.78 is 26.4. The molecule has 0 saturated carbocycles. The molecule has 21 heavy (non-hydrogen) atoms. The number of aliphatic hydroxyl groups excluding tert-OH is 1. The molecule has 1 saturated heterocycles. The number of nitrogens with one attached hydrogen (secondary N) is 1. The number of benzene rings is 1. The zero-order valence-corrected chi connectivity index (χ0v) is 12.0. The van der Waals surface area contributed by atoms with Crippen LogP contribution in [0.15, 0.2) is 18.2 Å². The van der Waals surface area contributed by atoms with E-state index < -0.39 is 11.6 Å². The van der Waals surface area contributed by atoms with Gasteiger partial charge in [-0.1, -0.05) is 0 Å². The van der Waals surface area contributed by atoms with Crippen molar-refractivity contribution >= 4 is 11.6 Å². The number of hydrogen-bond donors (Lipinski definition) is 2. The van der Waals surface area contributed by atoms with E-state index >= 15 is 0 Å². The lowest BCUT2D eigenvalue weighted by atomic mass is 9.92. The maximum atomic E-state index is 13.4. The molecule has 0 aliphatic carbocycles. The third-order valence-electron chi connectivity index (χ3n) is 3.88. The summed E-state index contributed by atoms with van der Waals surface area (Å²) in [5.41, 5.74) is -0.140. The maximum absolute atomic E-state index is 13.4. The average molecular weight is 298 g/mol. The minimum atomic E-state index is -0.655. The molecule has 0 aromatic heterocycles. The van der Waals surface area contributed by atoms with Crippen LogP contribution < -0.4 is 5.32 Å². The number of hydrogen-bond acceptors (Lipinski definition) is 3. The molecule has 1 aliphatic rings. The maximum Gasteiger partial charge on any atom is 0.238 e. The van der Waals surface area contributed by atoms with E-state index in [0.29, 0.717) is 13.1 Å². The molecule has 1 aliphatic heterocycles. The molecule has 0 radical (unpaired) electrons. The van der Waals surface area contributed by atoms with Crippen molar-refractivity contribution in [3.05, 3.63) is 29.8 Å². The molecule has 0 bridgehead atoms. The van der Waals surface area contributed by atoms with Crippen molar-refractivity contribution in [2.45, 2.75) is 25.9 Å². The minimum absolute atomic E-state index is 0.140. The molecule has 1 atom stereocenters. The number of carbonyl (C=O) groups is 1. The van der Waals surface area contributed by atoms with Gasteiger partial charge in [-0.2, -0.15) is 0 Å². The average Bonchev–Trinajstić information content (AvgIpc) is 2.43. The number of rotatable bonds is 4. The summed E-state index contributed by atoms with van der Waals surface area (Å²) >= 11 is 0. The Morgan fingerprint density at radius 1 is 1.43 bits per heavy atom. The molecule has 1 unspecified atom stereocenters. The Morgan fingerprint density at radius 2 is 2.10 bits per heavy atom. The number of aliphatic hydroxyl groups is 1. The highest BCUT2D eigenvalue weighted by atomic mass is 19.1. The van der Waals surface area contributed by atoms with E-state index in [1.807, 2.05) is 4.90 Å². The molecule has 2 N–H and O–H groups in total. The van der Waals surface area contributed by atoms with Gasteiger partial charge in [-0.25, -0.2) is 8.78 Å².